The summed E-state index contributed by atoms with van der Waals surface area (Å²) in [6, 6.07) is 0. The van der Waals surface area contributed by atoms with Gasteiger partial charge in [-0.1, -0.05) is 8.64 Å². The maximum Gasteiger partial charge on any atom is 3.00 e. The van der Waals surface area contributed by atoms with Gasteiger partial charge in [0.1, 0.15) is 0 Å². The van der Waals surface area contributed by atoms with Crippen LogP contribution in [0, 0.1) is 0 Å². The van der Waals surface area contributed by atoms with Crippen molar-refractivity contribution in [1.29, 1.82) is 0 Å². The van der Waals surface area contributed by atoms with E-state index in [1.165, 1.54) is 0 Å². The van der Waals surface area contributed by atoms with Crippen LogP contribution in [0.5, 0.6) is 0 Å². The molecule has 0 atom stereocenters. The summed E-state index contributed by atoms with van der Waals surface area (Å²) in [6.07, 6.45) is 0. The molecule has 14 heavy (non-hydrogen) atoms. The molecule has 0 heterocycles. The molecule has 0 unspecified atom stereocenters. The van der Waals surface area contributed by atoms with Gasteiger partial charge in [-0.25, -0.2) is 0 Å². The fourth-order valence-corrected chi connectivity index (χ4v) is 0. The van der Waals surface area contributed by atoms with Crippen molar-refractivity contribution in [2.24, 2.45) is 0 Å². The van der Waals surface area contributed by atoms with Crippen LogP contribution < -0.4 is 24.0 Å². The third kappa shape index (κ3) is 23.4. The zero-order chi connectivity index (χ0) is 10.3. The van der Waals surface area contributed by atoms with Gasteiger partial charge >= 0.3 is 17.1 Å². The third-order valence-electron chi connectivity index (χ3n) is 0.730. The van der Waals surface area contributed by atoms with E-state index in [9.17, 15) is 0 Å². The molecular formula is C6H12FeIN2S4. The van der Waals surface area contributed by atoms with Crippen molar-refractivity contribution >= 4 is 58.3 Å². The number of rotatable bonds is 0. The largest absolute Gasteiger partial charge is 3.00 e. The molecular weight excluding hydrogens is 411 g/mol. The van der Waals surface area contributed by atoms with Crippen molar-refractivity contribution < 1.29 is 41.0 Å². The molecule has 2 nitrogen and oxygen atoms in total. The molecule has 0 aromatic carbocycles. The average molecular weight is 423 g/mol. The zero-order valence-electron chi connectivity index (χ0n) is 8.26. The molecule has 0 aromatic rings. The Morgan fingerprint density at radius 1 is 0.857 bits per heavy atom. The Hall–Kier alpha value is 1.47. The summed E-state index contributed by atoms with van der Waals surface area (Å²) < 4.78 is 1.02. The molecule has 0 bridgehead atoms. The topological polar surface area (TPSA) is 6.48 Å². The van der Waals surface area contributed by atoms with Gasteiger partial charge in [0, 0.05) is 28.2 Å². The van der Waals surface area contributed by atoms with Crippen molar-refractivity contribution in [1.82, 2.24) is 9.80 Å². The van der Waals surface area contributed by atoms with Gasteiger partial charge in [0.2, 0.25) is 0 Å². The van der Waals surface area contributed by atoms with Crippen LogP contribution in [0.15, 0.2) is 0 Å². The van der Waals surface area contributed by atoms with Crippen LogP contribution in [0.3, 0.4) is 0 Å². The van der Waals surface area contributed by atoms with Gasteiger partial charge in [0.25, 0.3) is 0 Å². The van der Waals surface area contributed by atoms with Crippen LogP contribution in [-0.4, -0.2) is 46.6 Å². The second-order valence-corrected chi connectivity index (χ2v) is 4.38. The van der Waals surface area contributed by atoms with Crippen LogP contribution in [-0.2, 0) is 42.3 Å². The molecule has 0 aliphatic carbocycles. The summed E-state index contributed by atoms with van der Waals surface area (Å²) >= 11 is 18.2. The zero-order valence-corrected chi connectivity index (χ0v) is 14.8. The van der Waals surface area contributed by atoms with E-state index in [-0.39, 0.29) is 41.0 Å². The van der Waals surface area contributed by atoms with Gasteiger partial charge in [0.15, 0.2) is 0 Å². The molecule has 0 spiro atoms. The van der Waals surface area contributed by atoms with Crippen molar-refractivity contribution in [3.05, 3.63) is 0 Å². The Morgan fingerprint density at radius 3 is 0.929 bits per heavy atom. The van der Waals surface area contributed by atoms with Crippen molar-refractivity contribution in [2.45, 2.75) is 0 Å². The van der Waals surface area contributed by atoms with Crippen LogP contribution in [0.4, 0.5) is 0 Å². The summed E-state index contributed by atoms with van der Waals surface area (Å²) in [5.74, 6) is 0. The summed E-state index contributed by atoms with van der Waals surface area (Å²) in [5.41, 5.74) is 0. The molecule has 1 radical (unpaired) electrons. The first kappa shape index (κ1) is 24.6. The van der Waals surface area contributed by atoms with E-state index >= 15 is 0 Å². The molecule has 0 N–H and O–H groups in total. The van der Waals surface area contributed by atoms with E-state index in [1.807, 2.05) is 28.2 Å². The second-order valence-electron chi connectivity index (χ2n) is 2.32. The van der Waals surface area contributed by atoms with E-state index in [1.54, 1.807) is 9.80 Å². The van der Waals surface area contributed by atoms with Crippen LogP contribution >= 0.6 is 24.4 Å². The van der Waals surface area contributed by atoms with E-state index in [2.05, 4.69) is 49.7 Å². The standard InChI is InChI=1S/2C3H7NS2.Fe.HI/c2*1-4(2)3(5)6;;/h2*1-2H3,(H,5,6);;1H/q;;+3;/p-3. The summed E-state index contributed by atoms with van der Waals surface area (Å²) in [7, 11) is 7.31. The SMILES string of the molecule is CN(C)C(=S)[S-].CN(C)C(=S)[S-].[Fe+3].[I-]. The second kappa shape index (κ2) is 14.5. The minimum absolute atomic E-state index is 0. The number of halogens is 1. The molecule has 0 aliphatic heterocycles. The van der Waals surface area contributed by atoms with Crippen LogP contribution in [0.1, 0.15) is 0 Å². The number of hydrogen-bond acceptors (Lipinski definition) is 4. The molecule has 0 amide bonds. The van der Waals surface area contributed by atoms with Gasteiger partial charge < -0.3 is 83.5 Å². The van der Waals surface area contributed by atoms with Crippen molar-refractivity contribution in [3.63, 3.8) is 0 Å². The van der Waals surface area contributed by atoms with E-state index in [0.717, 1.165) is 0 Å². The predicted octanol–water partition coefficient (Wildman–Crippen LogP) is -2.24. The van der Waals surface area contributed by atoms with Gasteiger partial charge in [-0.05, 0) is 0 Å². The van der Waals surface area contributed by atoms with Gasteiger partial charge in [-0.3, -0.25) is 0 Å². The third-order valence-corrected chi connectivity index (χ3v) is 2.19. The molecule has 8 heteroatoms. The minimum atomic E-state index is 0. The summed E-state index contributed by atoms with van der Waals surface area (Å²) in [6.45, 7) is 0. The Bertz CT molecular complexity index is 148. The normalized spacial score (nSPS) is 6.57. The molecule has 0 rings (SSSR count). The maximum atomic E-state index is 4.56. The Morgan fingerprint density at radius 2 is 0.929 bits per heavy atom. The van der Waals surface area contributed by atoms with Gasteiger partial charge in [-0.2, -0.15) is 0 Å². The van der Waals surface area contributed by atoms with Crippen molar-refractivity contribution in [3.8, 4) is 0 Å². The first-order valence-electron chi connectivity index (χ1n) is 3.05. The Labute approximate surface area is 136 Å². The fourth-order valence-electron chi connectivity index (χ4n) is 0. The van der Waals surface area contributed by atoms with Gasteiger partial charge in [-0.15, -0.1) is 0 Å². The molecule has 0 aliphatic rings. The Balaban J connectivity index is -0.0000000625. The fraction of sp³-hybridized carbons (Fsp3) is 0.667. The quantitative estimate of drug-likeness (QED) is 0.187. The molecule has 0 fully saturated rings. The molecule has 0 saturated heterocycles. The summed E-state index contributed by atoms with van der Waals surface area (Å²) in [5, 5.41) is 0. The number of nitrogens with zero attached hydrogens (tertiary/aromatic N) is 2. The van der Waals surface area contributed by atoms with Crippen LogP contribution in [0.2, 0.25) is 0 Å². The average Bonchev–Trinajstić information content (AvgIpc) is 1.88. The first-order valence-corrected chi connectivity index (χ1v) is 4.69. The summed E-state index contributed by atoms with van der Waals surface area (Å²) in [4.78, 5) is 3.43. The minimum Gasteiger partial charge on any atom is -1.00 e. The van der Waals surface area contributed by atoms with Crippen LogP contribution in [0.25, 0.3) is 0 Å². The molecule has 85 valence electrons. The number of thiocarbonyl (C=S) groups is 2. The van der Waals surface area contributed by atoms with Crippen molar-refractivity contribution in [2.75, 3.05) is 28.2 Å². The molecule has 0 aromatic heterocycles. The Kier molecular flexibility index (Phi) is 25.4. The van der Waals surface area contributed by atoms with E-state index in [0.29, 0.717) is 8.64 Å². The molecule has 0 saturated carbocycles. The number of hydrogen-bond donors (Lipinski definition) is 0. The van der Waals surface area contributed by atoms with E-state index in [4.69, 9.17) is 0 Å². The van der Waals surface area contributed by atoms with Gasteiger partial charge in [0.05, 0.1) is 0 Å². The smallest absolute Gasteiger partial charge is 1.00 e. The monoisotopic (exact) mass is 423 g/mol. The maximum absolute atomic E-state index is 4.56. The first-order chi connectivity index (χ1) is 5.29. The predicted molar refractivity (Wildman–Crippen MR) is 67.3 cm³/mol. The van der Waals surface area contributed by atoms with E-state index < -0.39 is 0 Å².